The summed E-state index contributed by atoms with van der Waals surface area (Å²) in [4.78, 5) is 22.8. The maximum atomic E-state index is 11.8. The van der Waals surface area contributed by atoms with E-state index in [9.17, 15) is 9.59 Å². The van der Waals surface area contributed by atoms with Gasteiger partial charge in [0.15, 0.2) is 5.16 Å². The normalized spacial score (nSPS) is 12.7. The molecule has 0 saturated carbocycles. The van der Waals surface area contributed by atoms with Crippen LogP contribution in [0.15, 0.2) is 11.5 Å². The van der Waals surface area contributed by atoms with Crippen molar-refractivity contribution in [2.75, 3.05) is 5.75 Å². The Hall–Kier alpha value is -1.57. The number of thioether (sulfide) groups is 1. The lowest BCUT2D eigenvalue weighted by atomic mass is 10.1. The topological polar surface area (TPSA) is 97.1 Å². The van der Waals surface area contributed by atoms with Gasteiger partial charge in [-0.25, -0.2) is 4.79 Å². The molecular weight excluding hydrogens is 280 g/mol. The maximum Gasteiger partial charge on any atom is 0.326 e. The molecule has 7 nitrogen and oxygen atoms in total. The molecule has 1 aromatic heterocycles. The number of amides is 1. The third-order valence-corrected chi connectivity index (χ3v) is 3.64. The first-order valence-corrected chi connectivity index (χ1v) is 7.36. The predicted octanol–water partition coefficient (Wildman–Crippen LogP) is 1.18. The van der Waals surface area contributed by atoms with Crippen molar-refractivity contribution in [3.05, 3.63) is 6.33 Å². The van der Waals surface area contributed by atoms with Gasteiger partial charge in [0.25, 0.3) is 0 Å². The van der Waals surface area contributed by atoms with Crippen LogP contribution in [0.5, 0.6) is 0 Å². The van der Waals surface area contributed by atoms with E-state index in [1.54, 1.807) is 20.2 Å². The summed E-state index contributed by atoms with van der Waals surface area (Å²) in [7, 11) is 0. The second-order valence-corrected chi connectivity index (χ2v) is 5.97. The van der Waals surface area contributed by atoms with Gasteiger partial charge in [0, 0.05) is 6.04 Å². The number of rotatable bonds is 7. The molecule has 0 aliphatic heterocycles. The Morgan fingerprint density at radius 3 is 2.55 bits per heavy atom. The summed E-state index contributed by atoms with van der Waals surface area (Å²) in [5.74, 6) is -1.40. The number of hydrogen-bond donors (Lipinski definition) is 2. The monoisotopic (exact) mass is 300 g/mol. The van der Waals surface area contributed by atoms with Crippen molar-refractivity contribution in [2.45, 2.75) is 44.9 Å². The van der Waals surface area contributed by atoms with Crippen molar-refractivity contribution in [2.24, 2.45) is 5.92 Å². The first-order valence-electron chi connectivity index (χ1n) is 6.37. The zero-order valence-electron chi connectivity index (χ0n) is 12.0. The smallest absolute Gasteiger partial charge is 0.326 e. The minimum Gasteiger partial charge on any atom is -0.480 e. The van der Waals surface area contributed by atoms with E-state index in [0.29, 0.717) is 5.16 Å². The van der Waals surface area contributed by atoms with E-state index in [-0.39, 0.29) is 23.6 Å². The molecule has 1 rings (SSSR count). The van der Waals surface area contributed by atoms with Crippen LogP contribution in [-0.4, -0.2) is 43.5 Å². The van der Waals surface area contributed by atoms with E-state index >= 15 is 0 Å². The number of nitrogens with one attached hydrogen (secondary N) is 1. The highest BCUT2D eigenvalue weighted by Crippen LogP contribution is 2.18. The van der Waals surface area contributed by atoms with Gasteiger partial charge in [-0.05, 0) is 19.8 Å². The molecule has 0 bridgehead atoms. The van der Waals surface area contributed by atoms with E-state index in [2.05, 4.69) is 15.5 Å². The zero-order chi connectivity index (χ0) is 15.3. The standard InChI is InChI=1S/C12H20N4O3S/c1-7(2)10(11(18)19)14-9(17)5-20-12-15-13-6-16(12)8(3)4/h6-8,10H,5H2,1-4H3,(H,14,17)(H,18,19)/t10-/m1/s1. The van der Waals surface area contributed by atoms with Crippen LogP contribution in [0.25, 0.3) is 0 Å². The number of carboxylic acids is 1. The van der Waals surface area contributed by atoms with Crippen molar-refractivity contribution in [1.82, 2.24) is 20.1 Å². The Morgan fingerprint density at radius 1 is 1.40 bits per heavy atom. The van der Waals surface area contributed by atoms with Gasteiger partial charge in [0.05, 0.1) is 5.75 Å². The SMILES string of the molecule is CC(C)[C@@H](NC(=O)CSc1nncn1C(C)C)C(=O)O. The molecule has 0 unspecified atom stereocenters. The number of aliphatic carboxylic acids is 1. The highest BCUT2D eigenvalue weighted by molar-refractivity contribution is 7.99. The molecule has 0 radical (unpaired) electrons. The largest absolute Gasteiger partial charge is 0.480 e. The lowest BCUT2D eigenvalue weighted by Gasteiger charge is -2.17. The number of aromatic nitrogens is 3. The molecule has 8 heteroatoms. The van der Waals surface area contributed by atoms with Gasteiger partial charge in [0.2, 0.25) is 5.91 Å². The van der Waals surface area contributed by atoms with Crippen LogP contribution >= 0.6 is 11.8 Å². The van der Waals surface area contributed by atoms with Gasteiger partial charge >= 0.3 is 5.97 Å². The number of nitrogens with zero attached hydrogens (tertiary/aromatic N) is 3. The van der Waals surface area contributed by atoms with Crippen LogP contribution in [-0.2, 0) is 9.59 Å². The first-order chi connectivity index (χ1) is 9.32. The van der Waals surface area contributed by atoms with Gasteiger partial charge in [-0.1, -0.05) is 25.6 Å². The van der Waals surface area contributed by atoms with E-state index < -0.39 is 12.0 Å². The molecule has 1 aromatic rings. The fourth-order valence-electron chi connectivity index (χ4n) is 1.55. The molecule has 112 valence electrons. The third-order valence-electron chi connectivity index (χ3n) is 2.68. The lowest BCUT2D eigenvalue weighted by molar-refractivity contribution is -0.142. The van der Waals surface area contributed by atoms with Crippen molar-refractivity contribution in [1.29, 1.82) is 0 Å². The Balaban J connectivity index is 2.55. The Bertz CT molecular complexity index is 473. The van der Waals surface area contributed by atoms with Crippen molar-refractivity contribution in [3.8, 4) is 0 Å². The molecule has 0 aliphatic rings. The first kappa shape index (κ1) is 16.5. The molecular formula is C12H20N4O3S. The van der Waals surface area contributed by atoms with E-state index in [1.165, 1.54) is 11.8 Å². The molecule has 0 saturated heterocycles. The quantitative estimate of drug-likeness (QED) is 0.734. The highest BCUT2D eigenvalue weighted by atomic mass is 32.2. The molecule has 20 heavy (non-hydrogen) atoms. The van der Waals surface area contributed by atoms with Gasteiger partial charge in [-0.2, -0.15) is 0 Å². The fraction of sp³-hybridized carbons (Fsp3) is 0.667. The van der Waals surface area contributed by atoms with E-state index in [0.717, 1.165) is 0 Å². The summed E-state index contributed by atoms with van der Waals surface area (Å²) in [6, 6.07) is -0.663. The molecule has 1 heterocycles. The molecule has 0 fully saturated rings. The average Bonchev–Trinajstić information content (AvgIpc) is 2.81. The second-order valence-electron chi connectivity index (χ2n) is 5.03. The number of carbonyl (C=O) groups excluding carboxylic acids is 1. The molecule has 0 aromatic carbocycles. The van der Waals surface area contributed by atoms with Crippen molar-refractivity contribution >= 4 is 23.6 Å². The predicted molar refractivity (Wildman–Crippen MR) is 75.5 cm³/mol. The van der Waals surface area contributed by atoms with Crippen LogP contribution < -0.4 is 5.32 Å². The summed E-state index contributed by atoms with van der Waals surface area (Å²) in [6.45, 7) is 7.49. The second kappa shape index (κ2) is 7.28. The lowest BCUT2D eigenvalue weighted by Crippen LogP contribution is -2.45. The van der Waals surface area contributed by atoms with Gasteiger partial charge < -0.3 is 15.0 Å². The molecule has 0 aliphatic carbocycles. The number of carboxylic acid groups (broad SMARTS) is 1. The Kier molecular flexibility index (Phi) is 6.00. The highest BCUT2D eigenvalue weighted by Gasteiger charge is 2.23. The molecule has 2 N–H and O–H groups in total. The van der Waals surface area contributed by atoms with Crippen molar-refractivity contribution in [3.63, 3.8) is 0 Å². The summed E-state index contributed by atoms with van der Waals surface area (Å²) in [6.07, 6.45) is 1.61. The molecule has 1 atom stereocenters. The van der Waals surface area contributed by atoms with Gasteiger partial charge in [0.1, 0.15) is 12.4 Å². The minimum atomic E-state index is -1.02. The van der Waals surface area contributed by atoms with E-state index in [4.69, 9.17) is 5.11 Å². The van der Waals surface area contributed by atoms with E-state index in [1.807, 2.05) is 18.4 Å². The number of carbonyl (C=O) groups is 2. The fourth-order valence-corrected chi connectivity index (χ4v) is 2.40. The van der Waals surface area contributed by atoms with Gasteiger partial charge in [-0.3, -0.25) is 4.79 Å². The van der Waals surface area contributed by atoms with Gasteiger partial charge in [-0.15, -0.1) is 10.2 Å². The third kappa shape index (κ3) is 4.52. The Labute approximate surface area is 122 Å². The van der Waals surface area contributed by atoms with Crippen molar-refractivity contribution < 1.29 is 14.7 Å². The summed E-state index contributed by atoms with van der Waals surface area (Å²) < 4.78 is 1.86. The summed E-state index contributed by atoms with van der Waals surface area (Å²) in [5.41, 5.74) is 0. The maximum absolute atomic E-state index is 11.8. The van der Waals surface area contributed by atoms with Crippen LogP contribution in [0.4, 0.5) is 0 Å². The summed E-state index contributed by atoms with van der Waals surface area (Å²) >= 11 is 1.24. The average molecular weight is 300 g/mol. The zero-order valence-corrected chi connectivity index (χ0v) is 12.8. The molecule has 0 spiro atoms. The number of hydrogen-bond acceptors (Lipinski definition) is 5. The van der Waals surface area contributed by atoms with Crippen LogP contribution in [0.1, 0.15) is 33.7 Å². The van der Waals surface area contributed by atoms with Crippen LogP contribution in [0.2, 0.25) is 0 Å². The minimum absolute atomic E-state index is 0.113. The summed E-state index contributed by atoms with van der Waals surface area (Å²) in [5, 5.41) is 19.9. The molecule has 1 amide bonds. The Morgan fingerprint density at radius 2 is 2.05 bits per heavy atom. The van der Waals surface area contributed by atoms with Crippen LogP contribution in [0.3, 0.4) is 0 Å². The van der Waals surface area contributed by atoms with Crippen LogP contribution in [0, 0.1) is 5.92 Å².